The molecule has 0 saturated heterocycles. The number of hydrogen-bond donors (Lipinski definition) is 1. The summed E-state index contributed by atoms with van der Waals surface area (Å²) in [7, 11) is 0. The van der Waals surface area contributed by atoms with E-state index >= 15 is 0 Å². The van der Waals surface area contributed by atoms with Gasteiger partial charge in [-0.25, -0.2) is 0 Å². The molecular formula is C28H30Cl2N2O2S. The Morgan fingerprint density at radius 3 is 2.31 bits per heavy atom. The Labute approximate surface area is 222 Å². The minimum Gasteiger partial charge on any atom is -0.354 e. The Kier molecular flexibility index (Phi) is 11.0. The van der Waals surface area contributed by atoms with Crippen LogP contribution in [0, 0.1) is 0 Å². The van der Waals surface area contributed by atoms with Crippen LogP contribution in [0.3, 0.4) is 0 Å². The Morgan fingerprint density at radius 1 is 0.943 bits per heavy atom. The topological polar surface area (TPSA) is 49.4 Å². The third-order valence-corrected chi connectivity index (χ3v) is 7.15. The van der Waals surface area contributed by atoms with Crippen molar-refractivity contribution in [1.29, 1.82) is 0 Å². The molecular weight excluding hydrogens is 499 g/mol. The zero-order valence-electron chi connectivity index (χ0n) is 19.8. The number of thioether (sulfide) groups is 1. The number of rotatable bonds is 12. The summed E-state index contributed by atoms with van der Waals surface area (Å²) < 4.78 is 0. The van der Waals surface area contributed by atoms with Crippen molar-refractivity contribution in [3.8, 4) is 0 Å². The van der Waals surface area contributed by atoms with E-state index in [1.807, 2.05) is 79.7 Å². The quantitative estimate of drug-likeness (QED) is 0.268. The van der Waals surface area contributed by atoms with E-state index in [4.69, 9.17) is 23.2 Å². The summed E-state index contributed by atoms with van der Waals surface area (Å²) in [5.74, 6) is 0.356. The number of nitrogens with zero attached hydrogens (tertiary/aromatic N) is 1. The molecule has 0 heterocycles. The van der Waals surface area contributed by atoms with Crippen LogP contribution in [0.1, 0.15) is 30.9 Å². The molecule has 0 unspecified atom stereocenters. The third kappa shape index (κ3) is 8.60. The highest BCUT2D eigenvalue weighted by atomic mass is 35.5. The molecule has 3 rings (SSSR count). The van der Waals surface area contributed by atoms with Gasteiger partial charge >= 0.3 is 0 Å². The second kappa shape index (κ2) is 14.2. The van der Waals surface area contributed by atoms with Crippen molar-refractivity contribution < 1.29 is 9.59 Å². The van der Waals surface area contributed by atoms with Crippen LogP contribution in [0.15, 0.2) is 83.8 Å². The first kappa shape index (κ1) is 27.1. The van der Waals surface area contributed by atoms with E-state index in [1.165, 1.54) is 0 Å². The summed E-state index contributed by atoms with van der Waals surface area (Å²) >= 11 is 14.0. The zero-order valence-corrected chi connectivity index (χ0v) is 22.1. The SMILES string of the molecule is CCCNC(=O)[C@@H](Cc1ccccc1)N(Cc1ccccc1Cl)C(=O)CCSc1ccc(Cl)cc1. The Bertz CT molecular complexity index is 1090. The van der Waals surface area contributed by atoms with Gasteiger partial charge in [-0.1, -0.05) is 78.7 Å². The summed E-state index contributed by atoms with van der Waals surface area (Å²) in [6.45, 7) is 2.83. The van der Waals surface area contributed by atoms with E-state index in [2.05, 4.69) is 5.32 Å². The average molecular weight is 530 g/mol. The predicted molar refractivity (Wildman–Crippen MR) is 146 cm³/mol. The highest BCUT2D eigenvalue weighted by molar-refractivity contribution is 7.99. The second-order valence-electron chi connectivity index (χ2n) is 8.16. The molecule has 184 valence electrons. The van der Waals surface area contributed by atoms with Crippen LogP contribution in [0.2, 0.25) is 10.0 Å². The van der Waals surface area contributed by atoms with Crippen LogP contribution >= 0.6 is 35.0 Å². The molecule has 4 nitrogen and oxygen atoms in total. The summed E-state index contributed by atoms with van der Waals surface area (Å²) in [5.41, 5.74) is 1.81. The third-order valence-electron chi connectivity index (χ3n) is 5.52. The van der Waals surface area contributed by atoms with Crippen molar-refractivity contribution in [3.63, 3.8) is 0 Å². The van der Waals surface area contributed by atoms with Crippen molar-refractivity contribution >= 4 is 46.8 Å². The van der Waals surface area contributed by atoms with Gasteiger partial charge < -0.3 is 10.2 Å². The lowest BCUT2D eigenvalue weighted by Crippen LogP contribution is -2.50. The van der Waals surface area contributed by atoms with E-state index < -0.39 is 6.04 Å². The largest absolute Gasteiger partial charge is 0.354 e. The van der Waals surface area contributed by atoms with Crippen molar-refractivity contribution in [1.82, 2.24) is 10.2 Å². The van der Waals surface area contributed by atoms with Crippen LogP contribution in [0.25, 0.3) is 0 Å². The second-order valence-corrected chi connectivity index (χ2v) is 10.2. The predicted octanol–water partition coefficient (Wildman–Crippen LogP) is 6.64. The zero-order chi connectivity index (χ0) is 25.0. The van der Waals surface area contributed by atoms with E-state index in [1.54, 1.807) is 22.7 Å². The molecule has 1 atom stereocenters. The van der Waals surface area contributed by atoms with Crippen LogP contribution < -0.4 is 5.32 Å². The number of carbonyl (C=O) groups is 2. The number of hydrogen-bond acceptors (Lipinski definition) is 3. The molecule has 3 aromatic rings. The lowest BCUT2D eigenvalue weighted by atomic mass is 10.0. The fourth-order valence-corrected chi connectivity index (χ4v) is 4.82. The van der Waals surface area contributed by atoms with Gasteiger partial charge in [0.15, 0.2) is 0 Å². The summed E-state index contributed by atoms with van der Waals surface area (Å²) in [4.78, 5) is 29.6. The average Bonchev–Trinajstić information content (AvgIpc) is 2.87. The fraction of sp³-hybridized carbons (Fsp3) is 0.286. The highest BCUT2D eigenvalue weighted by Crippen LogP contribution is 2.24. The van der Waals surface area contributed by atoms with Crippen LogP contribution in [0.5, 0.6) is 0 Å². The van der Waals surface area contributed by atoms with Crippen molar-refractivity contribution in [2.45, 2.75) is 43.7 Å². The molecule has 0 spiro atoms. The Morgan fingerprint density at radius 2 is 1.63 bits per heavy atom. The molecule has 0 aliphatic heterocycles. The number of amides is 2. The van der Waals surface area contributed by atoms with Gasteiger partial charge in [0, 0.05) is 46.6 Å². The minimum absolute atomic E-state index is 0.0843. The first-order valence-corrected chi connectivity index (χ1v) is 13.4. The van der Waals surface area contributed by atoms with E-state index in [-0.39, 0.29) is 18.4 Å². The van der Waals surface area contributed by atoms with Gasteiger partial charge in [0.1, 0.15) is 6.04 Å². The molecule has 2 amide bonds. The molecule has 0 aliphatic carbocycles. The lowest BCUT2D eigenvalue weighted by molar-refractivity contribution is -0.141. The first-order chi connectivity index (χ1) is 17.0. The lowest BCUT2D eigenvalue weighted by Gasteiger charge is -2.32. The summed E-state index contributed by atoms with van der Waals surface area (Å²) in [5, 5.41) is 4.25. The highest BCUT2D eigenvalue weighted by Gasteiger charge is 2.30. The summed E-state index contributed by atoms with van der Waals surface area (Å²) in [6, 6.07) is 24.1. The summed E-state index contributed by atoms with van der Waals surface area (Å²) in [6.07, 6.45) is 1.54. The number of benzene rings is 3. The molecule has 0 radical (unpaired) electrons. The van der Waals surface area contributed by atoms with Crippen molar-refractivity contribution in [2.24, 2.45) is 0 Å². The van der Waals surface area contributed by atoms with E-state index in [9.17, 15) is 9.59 Å². The van der Waals surface area contributed by atoms with Gasteiger partial charge in [-0.15, -0.1) is 11.8 Å². The smallest absolute Gasteiger partial charge is 0.243 e. The molecule has 35 heavy (non-hydrogen) atoms. The molecule has 0 saturated carbocycles. The maximum Gasteiger partial charge on any atom is 0.243 e. The standard InChI is InChI=1S/C28H30Cl2N2O2S/c1-2-17-31-28(34)26(19-21-8-4-3-5-9-21)32(20-22-10-6-7-11-25(22)30)27(33)16-18-35-24-14-12-23(29)13-15-24/h3-15,26H,2,16-20H2,1H3,(H,31,34)/t26-/m1/s1. The number of nitrogens with one attached hydrogen (secondary N) is 1. The van der Waals surface area contributed by atoms with Gasteiger partial charge in [-0.2, -0.15) is 0 Å². The van der Waals surface area contributed by atoms with Crippen molar-refractivity contribution in [3.05, 3.63) is 100 Å². The van der Waals surface area contributed by atoms with Gasteiger partial charge in [-0.05, 0) is 47.9 Å². The van der Waals surface area contributed by atoms with Gasteiger partial charge in [0.25, 0.3) is 0 Å². The van der Waals surface area contributed by atoms with Crippen LogP contribution in [-0.2, 0) is 22.6 Å². The van der Waals surface area contributed by atoms with Crippen LogP contribution in [0.4, 0.5) is 0 Å². The Hall–Kier alpha value is -2.47. The van der Waals surface area contributed by atoms with Crippen molar-refractivity contribution in [2.75, 3.05) is 12.3 Å². The molecule has 0 bridgehead atoms. The molecule has 0 aliphatic rings. The first-order valence-electron chi connectivity index (χ1n) is 11.7. The molecule has 1 N–H and O–H groups in total. The molecule has 7 heteroatoms. The van der Waals surface area contributed by atoms with Crippen LogP contribution in [-0.4, -0.2) is 35.1 Å². The van der Waals surface area contributed by atoms with Gasteiger partial charge in [0.05, 0.1) is 0 Å². The fourth-order valence-electron chi connectivity index (χ4n) is 3.66. The van der Waals surface area contributed by atoms with Gasteiger partial charge in [-0.3, -0.25) is 9.59 Å². The number of halogens is 2. The van der Waals surface area contributed by atoms with E-state index in [0.717, 1.165) is 22.4 Å². The van der Waals surface area contributed by atoms with Gasteiger partial charge in [0.2, 0.25) is 11.8 Å². The maximum atomic E-state index is 13.6. The Balaban J connectivity index is 1.83. The monoisotopic (exact) mass is 528 g/mol. The number of carbonyl (C=O) groups excluding carboxylic acids is 2. The minimum atomic E-state index is -0.645. The maximum absolute atomic E-state index is 13.6. The molecule has 3 aromatic carbocycles. The molecule has 0 fully saturated rings. The normalized spacial score (nSPS) is 11.6. The van der Waals surface area contributed by atoms with E-state index in [0.29, 0.717) is 35.2 Å². The molecule has 0 aromatic heterocycles.